The predicted molar refractivity (Wildman–Crippen MR) is 102 cm³/mol. The molecule has 148 valence electrons. The van der Waals surface area contributed by atoms with E-state index < -0.39 is 17.2 Å². The second kappa shape index (κ2) is 7.06. The molecule has 3 aromatic heterocycles. The Balaban J connectivity index is 1.74. The fourth-order valence-electron chi connectivity index (χ4n) is 3.49. The monoisotopic (exact) mass is 388 g/mol. The molecule has 1 aliphatic rings. The minimum Gasteiger partial charge on any atom is -0.388 e. The third-order valence-electron chi connectivity index (χ3n) is 5.42. The molecule has 4 heterocycles. The molecule has 0 aliphatic carbocycles. The summed E-state index contributed by atoms with van der Waals surface area (Å²) in [7, 11) is 0. The molecule has 28 heavy (non-hydrogen) atoms. The van der Waals surface area contributed by atoms with Gasteiger partial charge >= 0.3 is 0 Å². The van der Waals surface area contributed by atoms with E-state index in [1.165, 1.54) is 0 Å². The number of nitrogens with one attached hydrogen (secondary N) is 2. The van der Waals surface area contributed by atoms with Crippen LogP contribution in [0.25, 0.3) is 22.4 Å². The lowest BCUT2D eigenvalue weighted by Gasteiger charge is -2.41. The molecule has 0 amide bonds. The van der Waals surface area contributed by atoms with Crippen molar-refractivity contribution in [2.75, 3.05) is 24.5 Å². The van der Waals surface area contributed by atoms with Gasteiger partial charge in [0.1, 0.15) is 5.69 Å². The molecule has 0 bridgehead atoms. The van der Waals surface area contributed by atoms with E-state index in [2.05, 4.69) is 25.5 Å². The summed E-state index contributed by atoms with van der Waals surface area (Å²) in [6.45, 7) is 5.06. The standard InChI is InChI=1S/C19H22F2N6O/c1-3-19(2,28)14-10-27(8-7-22-14)18-13(21)9-12(20)16(24-18)15-11-5-4-6-23-17(11)26-25-15/h4-6,9,14,22,28H,3,7-8,10H2,1-2H3,(H,23,25,26)/t14-,19-/m0/s1. The smallest absolute Gasteiger partial charge is 0.181 e. The van der Waals surface area contributed by atoms with Crippen LogP contribution in [0.15, 0.2) is 24.4 Å². The molecule has 4 rings (SSSR count). The Kier molecular flexibility index (Phi) is 4.72. The largest absolute Gasteiger partial charge is 0.388 e. The van der Waals surface area contributed by atoms with Crippen molar-refractivity contribution >= 4 is 16.9 Å². The molecule has 0 spiro atoms. The quantitative estimate of drug-likeness (QED) is 0.635. The van der Waals surface area contributed by atoms with Gasteiger partial charge in [-0.1, -0.05) is 6.92 Å². The molecular weight excluding hydrogens is 366 g/mol. The molecule has 3 aromatic rings. The highest BCUT2D eigenvalue weighted by Gasteiger charge is 2.35. The van der Waals surface area contributed by atoms with Gasteiger partial charge in [-0.25, -0.2) is 18.7 Å². The number of fused-ring (bicyclic) bond motifs is 1. The van der Waals surface area contributed by atoms with E-state index in [1.807, 2.05) is 6.92 Å². The Morgan fingerprint density at radius 3 is 2.96 bits per heavy atom. The molecule has 1 fully saturated rings. The number of piperazine rings is 1. The lowest BCUT2D eigenvalue weighted by molar-refractivity contribution is 0.0145. The Morgan fingerprint density at radius 1 is 1.36 bits per heavy atom. The lowest BCUT2D eigenvalue weighted by atomic mass is 9.92. The van der Waals surface area contributed by atoms with Crippen molar-refractivity contribution in [2.45, 2.75) is 31.9 Å². The van der Waals surface area contributed by atoms with Gasteiger partial charge in [0.25, 0.3) is 0 Å². The van der Waals surface area contributed by atoms with Crippen molar-refractivity contribution < 1.29 is 13.9 Å². The fraction of sp³-hybridized carbons (Fsp3) is 0.421. The molecule has 3 N–H and O–H groups in total. The number of halogens is 2. The summed E-state index contributed by atoms with van der Waals surface area (Å²) in [5, 5.41) is 21.3. The Hall–Kier alpha value is -2.65. The molecule has 0 aromatic carbocycles. The highest BCUT2D eigenvalue weighted by atomic mass is 19.1. The summed E-state index contributed by atoms with van der Waals surface area (Å²) < 4.78 is 29.2. The summed E-state index contributed by atoms with van der Waals surface area (Å²) >= 11 is 0. The van der Waals surface area contributed by atoms with Gasteiger partial charge in [0.15, 0.2) is 23.1 Å². The number of hydrogen-bond donors (Lipinski definition) is 3. The van der Waals surface area contributed by atoms with Crippen LogP contribution in [-0.4, -0.2) is 56.5 Å². The highest BCUT2D eigenvalue weighted by Crippen LogP contribution is 2.30. The number of aliphatic hydroxyl groups is 1. The molecule has 2 atom stereocenters. The number of hydrogen-bond acceptors (Lipinski definition) is 6. The molecule has 0 saturated carbocycles. The van der Waals surface area contributed by atoms with Crippen molar-refractivity contribution in [3.05, 3.63) is 36.0 Å². The van der Waals surface area contributed by atoms with Crippen molar-refractivity contribution in [1.29, 1.82) is 0 Å². The topological polar surface area (TPSA) is 90.0 Å². The van der Waals surface area contributed by atoms with Crippen LogP contribution in [0.2, 0.25) is 0 Å². The summed E-state index contributed by atoms with van der Waals surface area (Å²) in [5.41, 5.74) is -0.160. The van der Waals surface area contributed by atoms with E-state index in [9.17, 15) is 13.9 Å². The van der Waals surface area contributed by atoms with Crippen LogP contribution in [-0.2, 0) is 0 Å². The molecular formula is C19H22F2N6O. The minimum absolute atomic E-state index is 0.00997. The van der Waals surface area contributed by atoms with E-state index in [-0.39, 0.29) is 17.6 Å². The van der Waals surface area contributed by atoms with Crippen LogP contribution in [0.4, 0.5) is 14.6 Å². The van der Waals surface area contributed by atoms with E-state index in [4.69, 9.17) is 0 Å². The molecule has 1 aliphatic heterocycles. The van der Waals surface area contributed by atoms with Crippen LogP contribution >= 0.6 is 0 Å². The zero-order valence-corrected chi connectivity index (χ0v) is 15.7. The van der Waals surface area contributed by atoms with Gasteiger partial charge in [0, 0.05) is 37.3 Å². The number of pyridine rings is 2. The van der Waals surface area contributed by atoms with Crippen LogP contribution in [0.3, 0.4) is 0 Å². The normalized spacial score (nSPS) is 19.8. The van der Waals surface area contributed by atoms with E-state index in [0.29, 0.717) is 42.8 Å². The van der Waals surface area contributed by atoms with Crippen LogP contribution in [0.5, 0.6) is 0 Å². The van der Waals surface area contributed by atoms with Gasteiger partial charge in [-0.15, -0.1) is 0 Å². The third kappa shape index (κ3) is 3.20. The van der Waals surface area contributed by atoms with E-state index >= 15 is 0 Å². The first-order valence-electron chi connectivity index (χ1n) is 9.27. The number of aromatic nitrogens is 4. The van der Waals surface area contributed by atoms with Crippen molar-refractivity contribution in [2.24, 2.45) is 0 Å². The van der Waals surface area contributed by atoms with Crippen LogP contribution in [0.1, 0.15) is 20.3 Å². The maximum atomic E-state index is 14.6. The average molecular weight is 388 g/mol. The van der Waals surface area contributed by atoms with Crippen molar-refractivity contribution in [3.8, 4) is 11.4 Å². The third-order valence-corrected chi connectivity index (χ3v) is 5.42. The van der Waals surface area contributed by atoms with Gasteiger partial charge in [-0.2, -0.15) is 5.10 Å². The number of rotatable bonds is 4. The number of aromatic amines is 1. The van der Waals surface area contributed by atoms with Crippen LogP contribution in [0, 0.1) is 11.6 Å². The Labute approximate surface area is 160 Å². The van der Waals surface area contributed by atoms with Gasteiger partial charge in [0.05, 0.1) is 17.3 Å². The van der Waals surface area contributed by atoms with Gasteiger partial charge in [0.2, 0.25) is 0 Å². The average Bonchev–Trinajstić information content (AvgIpc) is 3.12. The minimum atomic E-state index is -0.941. The first kappa shape index (κ1) is 18.7. The fourth-order valence-corrected chi connectivity index (χ4v) is 3.49. The summed E-state index contributed by atoms with van der Waals surface area (Å²) in [4.78, 5) is 10.2. The second-order valence-electron chi connectivity index (χ2n) is 7.26. The molecule has 1 saturated heterocycles. The summed E-state index contributed by atoms with van der Waals surface area (Å²) in [5.74, 6) is -1.45. The lowest BCUT2D eigenvalue weighted by Crippen LogP contribution is -2.60. The zero-order chi connectivity index (χ0) is 19.9. The second-order valence-corrected chi connectivity index (χ2v) is 7.26. The van der Waals surface area contributed by atoms with Crippen LogP contribution < -0.4 is 10.2 Å². The number of anilines is 1. The van der Waals surface area contributed by atoms with Gasteiger partial charge in [-0.05, 0) is 25.5 Å². The molecule has 0 radical (unpaired) electrons. The Bertz CT molecular complexity index is 1010. The van der Waals surface area contributed by atoms with E-state index in [1.54, 1.807) is 30.2 Å². The first-order valence-corrected chi connectivity index (χ1v) is 9.27. The molecule has 7 nitrogen and oxygen atoms in total. The maximum absolute atomic E-state index is 14.6. The number of H-pyrrole nitrogens is 1. The number of nitrogens with zero attached hydrogens (tertiary/aromatic N) is 4. The zero-order valence-electron chi connectivity index (χ0n) is 15.7. The maximum Gasteiger partial charge on any atom is 0.181 e. The van der Waals surface area contributed by atoms with E-state index in [0.717, 1.165) is 6.07 Å². The summed E-state index contributed by atoms with van der Waals surface area (Å²) in [6, 6.07) is 4.07. The van der Waals surface area contributed by atoms with Gasteiger partial charge in [-0.3, -0.25) is 5.10 Å². The Morgan fingerprint density at radius 2 is 2.18 bits per heavy atom. The molecule has 0 unspecified atom stereocenters. The molecule has 9 heteroatoms. The van der Waals surface area contributed by atoms with Crippen molar-refractivity contribution in [3.63, 3.8) is 0 Å². The highest BCUT2D eigenvalue weighted by molar-refractivity contribution is 5.89. The van der Waals surface area contributed by atoms with Gasteiger partial charge < -0.3 is 15.3 Å². The van der Waals surface area contributed by atoms with Crippen molar-refractivity contribution in [1.82, 2.24) is 25.5 Å². The first-order chi connectivity index (χ1) is 13.4. The SMILES string of the molecule is CC[C@](C)(O)[C@@H]1CN(c2nc(-c3[nH]nc4ncccc34)c(F)cc2F)CCN1. The predicted octanol–water partition coefficient (Wildman–Crippen LogP) is 2.24. The summed E-state index contributed by atoms with van der Waals surface area (Å²) in [6.07, 6.45) is 2.14.